The lowest BCUT2D eigenvalue weighted by atomic mass is 9.93. The first kappa shape index (κ1) is 14.4. The Bertz CT molecular complexity index is 394. The van der Waals surface area contributed by atoms with E-state index in [1.807, 2.05) is 4.90 Å². The van der Waals surface area contributed by atoms with Crippen LogP contribution in [0.5, 0.6) is 0 Å². The lowest BCUT2D eigenvalue weighted by Gasteiger charge is -2.32. The molecule has 0 aliphatic carbocycles. The van der Waals surface area contributed by atoms with Gasteiger partial charge >= 0.3 is 12.1 Å². The fraction of sp³-hybridized carbons (Fsp3) is 0.769. The molecule has 0 spiro atoms. The highest BCUT2D eigenvalue weighted by Gasteiger charge is 2.56. The van der Waals surface area contributed by atoms with E-state index in [0.717, 1.165) is 5.57 Å². The van der Waals surface area contributed by atoms with Crippen LogP contribution in [-0.2, 0) is 9.53 Å². The van der Waals surface area contributed by atoms with Gasteiger partial charge in [0.25, 0.3) is 0 Å². The number of hydrogen-bond acceptors (Lipinski definition) is 3. The normalized spacial score (nSPS) is 31.6. The Labute approximate surface area is 110 Å². The Balaban J connectivity index is 2.11. The summed E-state index contributed by atoms with van der Waals surface area (Å²) in [5.41, 5.74) is 0.129. The van der Waals surface area contributed by atoms with Gasteiger partial charge in [0.1, 0.15) is 5.54 Å². The summed E-state index contributed by atoms with van der Waals surface area (Å²) in [5, 5.41) is 0. The van der Waals surface area contributed by atoms with Crippen LogP contribution in [0.25, 0.3) is 0 Å². The Morgan fingerprint density at radius 3 is 2.84 bits per heavy atom. The minimum absolute atomic E-state index is 0.0372. The summed E-state index contributed by atoms with van der Waals surface area (Å²) < 4.78 is 41.8. The number of nitrogens with zero attached hydrogens (tertiary/aromatic N) is 1. The predicted octanol–water partition coefficient (Wildman–Crippen LogP) is 2.67. The summed E-state index contributed by atoms with van der Waals surface area (Å²) in [5.74, 6) is -0.347. The van der Waals surface area contributed by atoms with E-state index < -0.39 is 18.1 Å². The Morgan fingerprint density at radius 2 is 2.26 bits per heavy atom. The average Bonchev–Trinajstić information content (AvgIpc) is 2.80. The molecule has 2 saturated heterocycles. The number of rotatable bonds is 3. The SMILES string of the molecule is C=C1CN2[C@H](CCC(F)(F)F)CC[C@@]2(C(=O)OC)C1. The Morgan fingerprint density at radius 1 is 1.58 bits per heavy atom. The number of carbonyl (C=O) groups is 1. The summed E-state index contributed by atoms with van der Waals surface area (Å²) in [6.45, 7) is 4.37. The molecular weight excluding hydrogens is 259 g/mol. The number of fused-ring (bicyclic) bond motifs is 1. The van der Waals surface area contributed by atoms with Crippen molar-refractivity contribution in [3.63, 3.8) is 0 Å². The Hall–Kier alpha value is -1.04. The highest BCUT2D eigenvalue weighted by Crippen LogP contribution is 2.46. The van der Waals surface area contributed by atoms with Crippen molar-refractivity contribution in [2.75, 3.05) is 13.7 Å². The summed E-state index contributed by atoms with van der Waals surface area (Å²) in [7, 11) is 1.32. The fourth-order valence-corrected chi connectivity index (χ4v) is 3.35. The Kier molecular flexibility index (Phi) is 3.64. The molecule has 6 heteroatoms. The maximum atomic E-state index is 12.3. The van der Waals surface area contributed by atoms with E-state index in [1.165, 1.54) is 7.11 Å². The van der Waals surface area contributed by atoms with Gasteiger partial charge in [0, 0.05) is 19.0 Å². The molecule has 108 valence electrons. The molecule has 0 radical (unpaired) electrons. The molecule has 2 aliphatic rings. The third-order valence-electron chi connectivity index (χ3n) is 4.14. The molecule has 0 N–H and O–H groups in total. The lowest BCUT2D eigenvalue weighted by molar-refractivity contribution is -0.153. The maximum Gasteiger partial charge on any atom is 0.389 e. The van der Waals surface area contributed by atoms with Crippen molar-refractivity contribution in [1.29, 1.82) is 0 Å². The molecule has 19 heavy (non-hydrogen) atoms. The second-order valence-electron chi connectivity index (χ2n) is 5.42. The van der Waals surface area contributed by atoms with Crippen molar-refractivity contribution in [1.82, 2.24) is 4.90 Å². The van der Waals surface area contributed by atoms with Crippen LogP contribution in [-0.4, -0.2) is 42.3 Å². The fourth-order valence-electron chi connectivity index (χ4n) is 3.35. The van der Waals surface area contributed by atoms with Gasteiger partial charge < -0.3 is 4.74 Å². The van der Waals surface area contributed by atoms with Gasteiger partial charge in [-0.25, -0.2) is 0 Å². The molecule has 2 rings (SSSR count). The zero-order valence-corrected chi connectivity index (χ0v) is 10.9. The van der Waals surface area contributed by atoms with E-state index in [9.17, 15) is 18.0 Å². The van der Waals surface area contributed by atoms with Crippen LogP contribution in [0.2, 0.25) is 0 Å². The van der Waals surface area contributed by atoms with Crippen molar-refractivity contribution < 1.29 is 22.7 Å². The third kappa shape index (κ3) is 2.63. The minimum atomic E-state index is -4.15. The third-order valence-corrected chi connectivity index (χ3v) is 4.14. The molecule has 0 saturated carbocycles. The lowest BCUT2D eigenvalue weighted by Crippen LogP contribution is -2.49. The standard InChI is InChI=1S/C13H18F3NO2/c1-9-7-12(11(18)19-2)5-3-10(17(12)8-9)4-6-13(14,15)16/h10H,1,3-8H2,2H3/t10-,12-/m0/s1. The number of alkyl halides is 3. The molecule has 2 fully saturated rings. The van der Waals surface area contributed by atoms with Crippen LogP contribution < -0.4 is 0 Å². The van der Waals surface area contributed by atoms with Gasteiger partial charge in [-0.1, -0.05) is 12.2 Å². The highest BCUT2D eigenvalue weighted by molar-refractivity contribution is 5.82. The number of carbonyl (C=O) groups excluding carboxylic acids is 1. The first-order valence-electron chi connectivity index (χ1n) is 6.37. The van der Waals surface area contributed by atoms with Crippen LogP contribution in [0.3, 0.4) is 0 Å². The summed E-state index contributed by atoms with van der Waals surface area (Å²) in [6, 6.07) is -0.208. The molecule has 3 nitrogen and oxygen atoms in total. The van der Waals surface area contributed by atoms with Gasteiger partial charge in [-0.15, -0.1) is 0 Å². The van der Waals surface area contributed by atoms with Crippen molar-refractivity contribution in [3.8, 4) is 0 Å². The zero-order valence-electron chi connectivity index (χ0n) is 10.9. The molecule has 0 aromatic rings. The number of esters is 1. The van der Waals surface area contributed by atoms with E-state index in [0.29, 0.717) is 25.8 Å². The second-order valence-corrected chi connectivity index (χ2v) is 5.42. The van der Waals surface area contributed by atoms with Gasteiger partial charge in [0.2, 0.25) is 0 Å². The number of ether oxygens (including phenoxy) is 1. The van der Waals surface area contributed by atoms with Crippen LogP contribution in [0.4, 0.5) is 13.2 Å². The van der Waals surface area contributed by atoms with Gasteiger partial charge in [-0.05, 0) is 25.7 Å². The molecule has 0 unspecified atom stereocenters. The first-order valence-corrected chi connectivity index (χ1v) is 6.37. The van der Waals surface area contributed by atoms with Gasteiger partial charge in [-0.2, -0.15) is 13.2 Å². The minimum Gasteiger partial charge on any atom is -0.468 e. The summed E-state index contributed by atoms with van der Waals surface area (Å²) in [4.78, 5) is 13.9. The second kappa shape index (κ2) is 4.81. The van der Waals surface area contributed by atoms with Gasteiger partial charge in [0.05, 0.1) is 7.11 Å². The quantitative estimate of drug-likeness (QED) is 0.587. The van der Waals surface area contributed by atoms with E-state index in [2.05, 4.69) is 6.58 Å². The first-order chi connectivity index (χ1) is 8.78. The molecule has 0 aromatic heterocycles. The zero-order chi connectivity index (χ0) is 14.3. The number of halogens is 3. The topological polar surface area (TPSA) is 29.5 Å². The van der Waals surface area contributed by atoms with Crippen molar-refractivity contribution >= 4 is 5.97 Å². The largest absolute Gasteiger partial charge is 0.468 e. The van der Waals surface area contributed by atoms with Crippen LogP contribution in [0.15, 0.2) is 12.2 Å². The molecule has 2 heterocycles. The summed E-state index contributed by atoms with van der Waals surface area (Å²) >= 11 is 0. The predicted molar refractivity (Wildman–Crippen MR) is 63.5 cm³/mol. The molecule has 0 amide bonds. The van der Waals surface area contributed by atoms with E-state index >= 15 is 0 Å². The van der Waals surface area contributed by atoms with Gasteiger partial charge in [0.15, 0.2) is 0 Å². The van der Waals surface area contributed by atoms with Crippen LogP contribution >= 0.6 is 0 Å². The molecule has 0 aromatic carbocycles. The smallest absolute Gasteiger partial charge is 0.389 e. The number of hydrogen-bond donors (Lipinski definition) is 0. The monoisotopic (exact) mass is 277 g/mol. The maximum absolute atomic E-state index is 12.3. The van der Waals surface area contributed by atoms with E-state index in [1.54, 1.807) is 0 Å². The van der Waals surface area contributed by atoms with Gasteiger partial charge in [-0.3, -0.25) is 9.69 Å². The number of methoxy groups -OCH3 is 1. The molecular formula is C13H18F3NO2. The molecule has 0 bridgehead atoms. The van der Waals surface area contributed by atoms with Crippen molar-refractivity contribution in [3.05, 3.63) is 12.2 Å². The highest BCUT2D eigenvalue weighted by atomic mass is 19.4. The molecule has 2 atom stereocenters. The summed E-state index contributed by atoms with van der Waals surface area (Å²) in [6.07, 6.45) is -3.25. The van der Waals surface area contributed by atoms with Crippen LogP contribution in [0, 0.1) is 0 Å². The van der Waals surface area contributed by atoms with E-state index in [4.69, 9.17) is 4.74 Å². The average molecular weight is 277 g/mol. The van der Waals surface area contributed by atoms with E-state index in [-0.39, 0.29) is 18.4 Å². The van der Waals surface area contributed by atoms with Crippen LogP contribution in [0.1, 0.15) is 32.1 Å². The molecule has 2 aliphatic heterocycles. The van der Waals surface area contributed by atoms with Crippen molar-refractivity contribution in [2.24, 2.45) is 0 Å². The van der Waals surface area contributed by atoms with Crippen molar-refractivity contribution in [2.45, 2.75) is 49.9 Å².